The van der Waals surface area contributed by atoms with Crippen molar-refractivity contribution in [2.24, 2.45) is 11.8 Å². The van der Waals surface area contributed by atoms with Crippen molar-refractivity contribution in [2.45, 2.75) is 103 Å². The van der Waals surface area contributed by atoms with E-state index < -0.39 is 0 Å². The molecule has 0 fully saturated rings. The first-order valence-corrected chi connectivity index (χ1v) is 14.0. The van der Waals surface area contributed by atoms with E-state index in [1.54, 1.807) is 0 Å². The van der Waals surface area contributed by atoms with E-state index in [-0.39, 0.29) is 0 Å². The smallest absolute Gasteiger partial charge is 0.0130 e. The lowest BCUT2D eigenvalue weighted by Gasteiger charge is -2.23. The highest BCUT2D eigenvalue weighted by atomic mass is 14.2. The maximum absolute atomic E-state index is 4.17. The number of hydrogen-bond donors (Lipinski definition) is 0. The molecule has 0 aliphatic rings. The maximum atomic E-state index is 4.17. The molecule has 2 aromatic carbocycles. The first-order chi connectivity index (χ1) is 16.7. The van der Waals surface area contributed by atoms with Gasteiger partial charge >= 0.3 is 0 Å². The molecular weight excluding hydrogens is 408 g/mol. The van der Waals surface area contributed by atoms with E-state index >= 15 is 0 Å². The molecule has 0 saturated heterocycles. The summed E-state index contributed by atoms with van der Waals surface area (Å²) < 4.78 is 0. The van der Waals surface area contributed by atoms with Crippen molar-refractivity contribution in [2.75, 3.05) is 0 Å². The molecule has 0 nitrogen and oxygen atoms in total. The average Bonchev–Trinajstić information content (AvgIpc) is 2.89. The van der Waals surface area contributed by atoms with Crippen LogP contribution in [0.1, 0.15) is 114 Å². The van der Waals surface area contributed by atoms with Crippen LogP contribution < -0.4 is 0 Å². The minimum Gasteiger partial charge on any atom is -0.103 e. The van der Waals surface area contributed by atoms with Gasteiger partial charge in [0.25, 0.3) is 0 Å². The third-order valence-corrected chi connectivity index (χ3v) is 7.65. The van der Waals surface area contributed by atoms with E-state index in [2.05, 4.69) is 106 Å². The minimum absolute atomic E-state index is 0.643. The molecule has 0 aliphatic carbocycles. The lowest BCUT2D eigenvalue weighted by Crippen LogP contribution is -2.10. The van der Waals surface area contributed by atoms with Crippen LogP contribution in [0.2, 0.25) is 0 Å². The van der Waals surface area contributed by atoms with Gasteiger partial charge in [-0.05, 0) is 79.7 Å². The molecule has 0 saturated carbocycles. The Morgan fingerprint density at radius 3 is 2.00 bits per heavy atom. The number of rotatable bonds is 18. The first-order valence-electron chi connectivity index (χ1n) is 14.0. The van der Waals surface area contributed by atoms with E-state index in [0.29, 0.717) is 17.8 Å². The maximum Gasteiger partial charge on any atom is -0.0130 e. The molecule has 0 spiro atoms. The molecule has 0 radical (unpaired) electrons. The summed E-state index contributed by atoms with van der Waals surface area (Å²) in [6, 6.07) is 22.0. The molecule has 0 heteroatoms. The van der Waals surface area contributed by atoms with Crippen molar-refractivity contribution in [1.29, 1.82) is 0 Å². The Labute approximate surface area is 211 Å². The fraction of sp³-hybridized carbons (Fsp3) is 0.529. The Hall–Kier alpha value is -2.08. The van der Waals surface area contributed by atoms with Crippen molar-refractivity contribution < 1.29 is 0 Å². The van der Waals surface area contributed by atoms with Gasteiger partial charge in [-0.1, -0.05) is 125 Å². The van der Waals surface area contributed by atoms with E-state index in [1.165, 1.54) is 81.8 Å². The second-order valence-electron chi connectivity index (χ2n) is 10.3. The molecule has 2 aromatic rings. The quantitative estimate of drug-likeness (QED) is 0.154. The summed E-state index contributed by atoms with van der Waals surface area (Å²) in [5, 5.41) is 0. The molecule has 34 heavy (non-hydrogen) atoms. The molecule has 186 valence electrons. The van der Waals surface area contributed by atoms with Crippen molar-refractivity contribution in [1.82, 2.24) is 0 Å². The molecule has 4 unspecified atom stereocenters. The van der Waals surface area contributed by atoms with Gasteiger partial charge in [0.05, 0.1) is 0 Å². The highest BCUT2D eigenvalue weighted by Gasteiger charge is 2.17. The Balaban J connectivity index is 1.59. The highest BCUT2D eigenvalue weighted by Crippen LogP contribution is 2.31. The Morgan fingerprint density at radius 1 is 0.735 bits per heavy atom. The summed E-state index contributed by atoms with van der Waals surface area (Å²) in [4.78, 5) is 0. The summed E-state index contributed by atoms with van der Waals surface area (Å²) in [5.41, 5.74) is 2.96. The second kappa shape index (κ2) is 17.4. The van der Waals surface area contributed by atoms with Gasteiger partial charge in [0.1, 0.15) is 0 Å². The van der Waals surface area contributed by atoms with Crippen molar-refractivity contribution in [3.8, 4) is 0 Å². The normalized spacial score (nSPS) is 15.1. The summed E-state index contributed by atoms with van der Waals surface area (Å²) in [6.07, 6.45) is 21.2. The van der Waals surface area contributed by atoms with E-state index in [4.69, 9.17) is 0 Å². The monoisotopic (exact) mass is 458 g/mol. The van der Waals surface area contributed by atoms with Crippen LogP contribution in [-0.2, 0) is 0 Å². The van der Waals surface area contributed by atoms with Crippen molar-refractivity contribution >= 4 is 0 Å². The Kier molecular flexibility index (Phi) is 14.4. The van der Waals surface area contributed by atoms with Crippen molar-refractivity contribution in [3.05, 3.63) is 96.6 Å². The average molecular weight is 459 g/mol. The SMILES string of the molecule is C=CC(CCCCCC/C=C/CC(CC)c1ccccc1)CC(CC)CC(C)c1ccccc1. The third kappa shape index (κ3) is 10.9. The standard InChI is InChI=1S/C34H50/c1-5-30(28-31(6-2)27-29(4)33-23-17-13-18-24-33)21-15-11-9-8-10-12-16-22-32(7-3)34-25-19-14-20-26-34/h5,12-14,16-20,23-26,29-32H,1,6-11,15,21-22,27-28H2,2-4H3/b16-12+. The van der Waals surface area contributed by atoms with Crippen LogP contribution in [0, 0.1) is 11.8 Å². The van der Waals surface area contributed by atoms with Gasteiger partial charge < -0.3 is 0 Å². The van der Waals surface area contributed by atoms with Gasteiger partial charge in [0.2, 0.25) is 0 Å². The molecule has 0 N–H and O–H groups in total. The zero-order valence-electron chi connectivity index (χ0n) is 22.3. The molecule has 0 amide bonds. The summed E-state index contributed by atoms with van der Waals surface area (Å²) >= 11 is 0. The zero-order chi connectivity index (χ0) is 24.4. The fourth-order valence-electron chi connectivity index (χ4n) is 5.27. The number of benzene rings is 2. The molecule has 0 aliphatic heterocycles. The van der Waals surface area contributed by atoms with Gasteiger partial charge in [-0.15, -0.1) is 6.58 Å². The number of unbranched alkanes of at least 4 members (excludes halogenated alkanes) is 4. The lowest BCUT2D eigenvalue weighted by molar-refractivity contribution is 0.345. The van der Waals surface area contributed by atoms with Crippen LogP contribution in [0.5, 0.6) is 0 Å². The molecular formula is C34H50. The lowest BCUT2D eigenvalue weighted by atomic mass is 9.82. The van der Waals surface area contributed by atoms with Crippen LogP contribution in [0.3, 0.4) is 0 Å². The van der Waals surface area contributed by atoms with E-state index in [1.807, 2.05) is 0 Å². The van der Waals surface area contributed by atoms with Gasteiger partial charge in [0, 0.05) is 0 Å². The van der Waals surface area contributed by atoms with E-state index in [9.17, 15) is 0 Å². The van der Waals surface area contributed by atoms with Gasteiger partial charge in [-0.2, -0.15) is 0 Å². The number of allylic oxidation sites excluding steroid dienone is 3. The summed E-state index contributed by atoms with van der Waals surface area (Å²) in [7, 11) is 0. The first kappa shape index (κ1) is 28.2. The molecule has 0 aromatic heterocycles. The Bertz CT molecular complexity index is 772. The van der Waals surface area contributed by atoms with Crippen LogP contribution in [-0.4, -0.2) is 0 Å². The fourth-order valence-corrected chi connectivity index (χ4v) is 5.27. The van der Waals surface area contributed by atoms with Gasteiger partial charge in [0.15, 0.2) is 0 Å². The number of hydrogen-bond acceptors (Lipinski definition) is 0. The predicted octanol–water partition coefficient (Wildman–Crippen LogP) is 10.9. The van der Waals surface area contributed by atoms with Gasteiger partial charge in [-0.25, -0.2) is 0 Å². The summed E-state index contributed by atoms with van der Waals surface area (Å²) in [6.45, 7) is 11.2. The minimum atomic E-state index is 0.643. The van der Waals surface area contributed by atoms with Crippen LogP contribution in [0.25, 0.3) is 0 Å². The topological polar surface area (TPSA) is 0 Å². The molecule has 0 bridgehead atoms. The zero-order valence-corrected chi connectivity index (χ0v) is 22.3. The highest BCUT2D eigenvalue weighted by molar-refractivity contribution is 5.20. The summed E-state index contributed by atoms with van der Waals surface area (Å²) in [5.74, 6) is 2.78. The van der Waals surface area contributed by atoms with E-state index in [0.717, 1.165) is 5.92 Å². The van der Waals surface area contributed by atoms with Crippen molar-refractivity contribution in [3.63, 3.8) is 0 Å². The largest absolute Gasteiger partial charge is 0.103 e. The van der Waals surface area contributed by atoms with Gasteiger partial charge in [-0.3, -0.25) is 0 Å². The molecule has 2 rings (SSSR count). The Morgan fingerprint density at radius 2 is 1.38 bits per heavy atom. The predicted molar refractivity (Wildman–Crippen MR) is 152 cm³/mol. The molecule has 4 atom stereocenters. The van der Waals surface area contributed by atoms with Crippen LogP contribution >= 0.6 is 0 Å². The van der Waals surface area contributed by atoms with Crippen LogP contribution in [0.15, 0.2) is 85.5 Å². The molecule has 0 heterocycles. The third-order valence-electron chi connectivity index (χ3n) is 7.65. The van der Waals surface area contributed by atoms with Crippen LogP contribution in [0.4, 0.5) is 0 Å². The second-order valence-corrected chi connectivity index (χ2v) is 10.3.